The van der Waals surface area contributed by atoms with Gasteiger partial charge in [-0.3, -0.25) is 14.8 Å². The third kappa shape index (κ3) is 4.82. The highest BCUT2D eigenvalue weighted by atomic mass is 19.1. The highest BCUT2D eigenvalue weighted by Crippen LogP contribution is 2.12. The van der Waals surface area contributed by atoms with Crippen molar-refractivity contribution in [3.05, 3.63) is 47.5 Å². The van der Waals surface area contributed by atoms with Crippen molar-refractivity contribution in [3.8, 4) is 5.75 Å². The van der Waals surface area contributed by atoms with E-state index in [2.05, 4.69) is 22.0 Å². The number of amides is 1. The van der Waals surface area contributed by atoms with Crippen LogP contribution in [0.3, 0.4) is 0 Å². The fraction of sp³-hybridized carbons (Fsp3) is 0.474. The summed E-state index contributed by atoms with van der Waals surface area (Å²) < 4.78 is 18.5. The van der Waals surface area contributed by atoms with Crippen LogP contribution in [0.4, 0.5) is 4.39 Å². The number of aryl methyl sites for hydroxylation is 1. The lowest BCUT2D eigenvalue weighted by Gasteiger charge is -2.34. The number of aromatic amines is 1. The first-order valence-corrected chi connectivity index (χ1v) is 9.10. The van der Waals surface area contributed by atoms with Crippen molar-refractivity contribution in [2.75, 3.05) is 39.3 Å². The molecule has 0 spiro atoms. The number of piperazine rings is 1. The van der Waals surface area contributed by atoms with Crippen LogP contribution in [0.15, 0.2) is 30.3 Å². The minimum atomic E-state index is -0.267. The minimum absolute atomic E-state index is 0.00850. The Balaban J connectivity index is 1.40. The molecule has 0 unspecified atom stereocenters. The van der Waals surface area contributed by atoms with Gasteiger partial charge in [0.2, 0.25) is 0 Å². The molecule has 2 aromatic rings. The average molecular weight is 360 g/mol. The number of halogens is 1. The van der Waals surface area contributed by atoms with Crippen LogP contribution in [0.5, 0.6) is 5.75 Å². The third-order valence-corrected chi connectivity index (χ3v) is 4.52. The van der Waals surface area contributed by atoms with Gasteiger partial charge < -0.3 is 9.64 Å². The van der Waals surface area contributed by atoms with Crippen molar-refractivity contribution in [3.63, 3.8) is 0 Å². The summed E-state index contributed by atoms with van der Waals surface area (Å²) in [4.78, 5) is 16.6. The highest BCUT2D eigenvalue weighted by Gasteiger charge is 2.23. The molecule has 7 heteroatoms. The van der Waals surface area contributed by atoms with E-state index in [0.29, 0.717) is 31.1 Å². The Morgan fingerprint density at radius 1 is 1.23 bits per heavy atom. The van der Waals surface area contributed by atoms with Crippen LogP contribution in [-0.2, 0) is 6.42 Å². The van der Waals surface area contributed by atoms with E-state index in [9.17, 15) is 9.18 Å². The lowest BCUT2D eigenvalue weighted by atomic mass is 10.2. The van der Waals surface area contributed by atoms with Gasteiger partial charge in [0.25, 0.3) is 5.91 Å². The molecule has 6 nitrogen and oxygen atoms in total. The van der Waals surface area contributed by atoms with E-state index in [4.69, 9.17) is 4.74 Å². The van der Waals surface area contributed by atoms with Crippen molar-refractivity contribution < 1.29 is 13.9 Å². The molecule has 0 bridgehead atoms. The first kappa shape index (κ1) is 18.4. The van der Waals surface area contributed by atoms with Gasteiger partial charge in [0.15, 0.2) is 0 Å². The summed E-state index contributed by atoms with van der Waals surface area (Å²) in [6.07, 6.45) is 1.93. The van der Waals surface area contributed by atoms with Gasteiger partial charge in [0.05, 0.1) is 0 Å². The molecule has 0 saturated carbocycles. The Morgan fingerprint density at radius 2 is 1.96 bits per heavy atom. The van der Waals surface area contributed by atoms with E-state index in [0.717, 1.165) is 38.2 Å². The molecule has 0 radical (unpaired) electrons. The van der Waals surface area contributed by atoms with E-state index >= 15 is 0 Å². The van der Waals surface area contributed by atoms with Crippen LogP contribution in [0.1, 0.15) is 29.5 Å². The molecular weight excluding hydrogens is 335 g/mol. The average Bonchev–Trinajstić information content (AvgIpc) is 3.12. The van der Waals surface area contributed by atoms with Crippen molar-refractivity contribution >= 4 is 5.91 Å². The maximum atomic E-state index is 12.9. The second-order valence-corrected chi connectivity index (χ2v) is 6.46. The highest BCUT2D eigenvalue weighted by molar-refractivity contribution is 5.92. The Bertz CT molecular complexity index is 709. The molecule has 2 heterocycles. The second-order valence-electron chi connectivity index (χ2n) is 6.46. The van der Waals surface area contributed by atoms with E-state index in [1.165, 1.54) is 12.1 Å². The zero-order valence-corrected chi connectivity index (χ0v) is 15.1. The SMILES string of the molecule is CCCc1cc(C(=O)N2CCN(CCOc3ccc(F)cc3)CC2)n[nH]1. The van der Waals surface area contributed by atoms with Crippen LogP contribution in [-0.4, -0.2) is 65.2 Å². The molecule has 3 rings (SSSR count). The van der Waals surface area contributed by atoms with Crippen LogP contribution in [0, 0.1) is 5.82 Å². The molecule has 26 heavy (non-hydrogen) atoms. The number of H-pyrrole nitrogens is 1. The fourth-order valence-electron chi connectivity index (χ4n) is 3.03. The van der Waals surface area contributed by atoms with Crippen molar-refractivity contribution in [2.45, 2.75) is 19.8 Å². The van der Waals surface area contributed by atoms with Gasteiger partial charge in [-0.1, -0.05) is 13.3 Å². The number of rotatable bonds is 7. The monoisotopic (exact) mass is 360 g/mol. The zero-order chi connectivity index (χ0) is 18.4. The number of benzene rings is 1. The van der Waals surface area contributed by atoms with Gasteiger partial charge in [-0.2, -0.15) is 5.10 Å². The van der Waals surface area contributed by atoms with Crippen LogP contribution >= 0.6 is 0 Å². The predicted octanol–water partition coefficient (Wildman–Crippen LogP) is 2.34. The van der Waals surface area contributed by atoms with Crippen molar-refractivity contribution in [2.24, 2.45) is 0 Å². The Labute approximate surface area is 152 Å². The van der Waals surface area contributed by atoms with E-state index in [1.807, 2.05) is 11.0 Å². The van der Waals surface area contributed by atoms with E-state index in [-0.39, 0.29) is 11.7 Å². The third-order valence-electron chi connectivity index (χ3n) is 4.52. The van der Waals surface area contributed by atoms with Gasteiger partial charge in [-0.15, -0.1) is 0 Å². The molecule has 1 aliphatic rings. The predicted molar refractivity (Wildman–Crippen MR) is 96.8 cm³/mol. The summed E-state index contributed by atoms with van der Waals surface area (Å²) in [6.45, 7) is 6.41. The maximum Gasteiger partial charge on any atom is 0.274 e. The number of nitrogens with one attached hydrogen (secondary N) is 1. The summed E-state index contributed by atoms with van der Waals surface area (Å²) in [5, 5.41) is 7.08. The number of ether oxygens (including phenoxy) is 1. The van der Waals surface area contributed by atoms with Crippen LogP contribution in [0.2, 0.25) is 0 Å². The summed E-state index contributed by atoms with van der Waals surface area (Å²) in [5.41, 5.74) is 1.51. The normalized spacial score (nSPS) is 15.2. The van der Waals surface area contributed by atoms with E-state index < -0.39 is 0 Å². The first-order chi connectivity index (χ1) is 12.7. The second kappa shape index (κ2) is 8.80. The molecule has 140 valence electrons. The maximum absolute atomic E-state index is 12.9. The lowest BCUT2D eigenvalue weighted by molar-refractivity contribution is 0.0614. The lowest BCUT2D eigenvalue weighted by Crippen LogP contribution is -2.49. The van der Waals surface area contributed by atoms with Gasteiger partial charge in [0, 0.05) is 38.4 Å². The quantitative estimate of drug-likeness (QED) is 0.823. The van der Waals surface area contributed by atoms with Gasteiger partial charge in [0.1, 0.15) is 23.9 Å². The standard InChI is InChI=1S/C19H25FN4O2/c1-2-3-16-14-18(22-21-16)19(25)24-10-8-23(9-11-24)12-13-26-17-6-4-15(20)5-7-17/h4-7,14H,2-3,8-13H2,1H3,(H,21,22). The summed E-state index contributed by atoms with van der Waals surface area (Å²) in [6, 6.07) is 7.89. The Kier molecular flexibility index (Phi) is 6.22. The summed E-state index contributed by atoms with van der Waals surface area (Å²) >= 11 is 0. The number of hydrogen-bond donors (Lipinski definition) is 1. The summed E-state index contributed by atoms with van der Waals surface area (Å²) in [7, 11) is 0. The largest absolute Gasteiger partial charge is 0.492 e. The summed E-state index contributed by atoms with van der Waals surface area (Å²) in [5.74, 6) is 0.393. The van der Waals surface area contributed by atoms with Crippen LogP contribution < -0.4 is 4.74 Å². The fourth-order valence-corrected chi connectivity index (χ4v) is 3.03. The van der Waals surface area contributed by atoms with Crippen LogP contribution in [0.25, 0.3) is 0 Å². The van der Waals surface area contributed by atoms with Crippen molar-refractivity contribution in [1.29, 1.82) is 0 Å². The van der Waals surface area contributed by atoms with E-state index in [1.54, 1.807) is 12.1 Å². The molecule has 1 saturated heterocycles. The van der Waals surface area contributed by atoms with Gasteiger partial charge in [-0.05, 0) is 36.8 Å². The molecule has 1 amide bonds. The minimum Gasteiger partial charge on any atom is -0.492 e. The Morgan fingerprint density at radius 3 is 2.65 bits per heavy atom. The smallest absolute Gasteiger partial charge is 0.274 e. The number of nitrogens with zero attached hydrogens (tertiary/aromatic N) is 3. The molecule has 1 aromatic heterocycles. The number of hydrogen-bond acceptors (Lipinski definition) is 4. The zero-order valence-electron chi connectivity index (χ0n) is 15.1. The number of carbonyl (C=O) groups excluding carboxylic acids is 1. The molecule has 1 N–H and O–H groups in total. The first-order valence-electron chi connectivity index (χ1n) is 9.10. The van der Waals surface area contributed by atoms with Crippen molar-refractivity contribution in [1.82, 2.24) is 20.0 Å². The molecule has 1 aliphatic heterocycles. The molecular formula is C19H25FN4O2. The Hall–Kier alpha value is -2.41. The molecule has 0 atom stereocenters. The topological polar surface area (TPSA) is 61.5 Å². The molecule has 1 aromatic carbocycles. The van der Waals surface area contributed by atoms with Gasteiger partial charge >= 0.3 is 0 Å². The van der Waals surface area contributed by atoms with Gasteiger partial charge in [-0.25, -0.2) is 4.39 Å². The molecule has 1 fully saturated rings. The number of carbonyl (C=O) groups is 1. The molecule has 0 aliphatic carbocycles. The number of aromatic nitrogens is 2.